The molecule has 1 N–H and O–H groups in total. The Hall–Kier alpha value is -2.03. The molecule has 0 saturated heterocycles. The molecule has 0 heterocycles. The molecule has 0 aliphatic carbocycles. The third-order valence-corrected chi connectivity index (χ3v) is 1.81. The van der Waals surface area contributed by atoms with Crippen LogP contribution in [-0.2, 0) is 17.4 Å². The van der Waals surface area contributed by atoms with E-state index in [1.165, 1.54) is 18.3 Å². The average Bonchev–Trinajstić information content (AvgIpc) is 2.17. The predicted octanol–water partition coefficient (Wildman–Crippen LogP) is 1.85. The van der Waals surface area contributed by atoms with Crippen LogP contribution in [0.1, 0.15) is 11.1 Å². The Morgan fingerprint density at radius 2 is 2.12 bits per heavy atom. The van der Waals surface area contributed by atoms with E-state index < -0.39 is 17.6 Å². The molecule has 0 fully saturated rings. The van der Waals surface area contributed by atoms with Crippen LogP contribution in [0.4, 0.5) is 13.2 Å². The average molecular weight is 228 g/mol. The summed E-state index contributed by atoms with van der Waals surface area (Å²) in [5.74, 6) is -0.637. The molecule has 6 heteroatoms. The summed E-state index contributed by atoms with van der Waals surface area (Å²) in [6.45, 7) is 0. The molecule has 84 valence electrons. The van der Waals surface area contributed by atoms with E-state index in [0.29, 0.717) is 0 Å². The van der Waals surface area contributed by atoms with Gasteiger partial charge in [0.05, 0.1) is 12.0 Å². The molecule has 3 nitrogen and oxygen atoms in total. The van der Waals surface area contributed by atoms with Crippen molar-refractivity contribution in [2.45, 2.75) is 12.6 Å². The summed E-state index contributed by atoms with van der Waals surface area (Å²) in [7, 11) is 0. The molecule has 1 rings (SSSR count). The molecule has 0 unspecified atom stereocenters. The highest BCUT2D eigenvalue weighted by molar-refractivity contribution is 5.79. The van der Waals surface area contributed by atoms with Gasteiger partial charge in [0.25, 0.3) is 0 Å². The van der Waals surface area contributed by atoms with Gasteiger partial charge in [-0.15, -0.1) is 0 Å². The maximum atomic E-state index is 12.3. The number of alkyl halides is 3. The highest BCUT2D eigenvalue weighted by Gasteiger charge is 2.30. The van der Waals surface area contributed by atoms with Gasteiger partial charge in [0.2, 0.25) is 5.91 Å². The number of nitrogens with one attached hydrogen (secondary N) is 1. The number of carbonyl (C=O) groups is 1. The van der Waals surface area contributed by atoms with Crippen molar-refractivity contribution in [3.63, 3.8) is 0 Å². The van der Waals surface area contributed by atoms with E-state index in [9.17, 15) is 18.0 Å². The van der Waals surface area contributed by atoms with Gasteiger partial charge >= 0.3 is 6.18 Å². The van der Waals surface area contributed by atoms with E-state index in [2.05, 4.69) is 0 Å². The van der Waals surface area contributed by atoms with Crippen molar-refractivity contribution in [1.82, 2.24) is 5.32 Å². The summed E-state index contributed by atoms with van der Waals surface area (Å²) < 4.78 is 36.9. The number of benzene rings is 1. The second-order valence-electron chi connectivity index (χ2n) is 3.03. The zero-order valence-corrected chi connectivity index (χ0v) is 8.01. The van der Waals surface area contributed by atoms with Crippen molar-refractivity contribution in [1.29, 1.82) is 5.26 Å². The molecule has 0 aliphatic rings. The van der Waals surface area contributed by atoms with Gasteiger partial charge in [-0.1, -0.05) is 18.2 Å². The maximum absolute atomic E-state index is 12.3. The summed E-state index contributed by atoms with van der Waals surface area (Å²) in [6, 6.07) is 4.42. The van der Waals surface area contributed by atoms with Crippen LogP contribution in [0.15, 0.2) is 24.3 Å². The van der Waals surface area contributed by atoms with Crippen LogP contribution in [0.2, 0.25) is 0 Å². The summed E-state index contributed by atoms with van der Waals surface area (Å²) in [5, 5.41) is 9.97. The first kappa shape index (κ1) is 12.0. The SMILES string of the molecule is N#CNC(=O)Cc1cccc(C(F)(F)F)c1. The normalized spacial score (nSPS) is 10.6. The molecular formula is C10H7F3N2O. The molecule has 0 bridgehead atoms. The largest absolute Gasteiger partial charge is 0.416 e. The van der Waals surface area contributed by atoms with Gasteiger partial charge in [-0.3, -0.25) is 10.1 Å². The number of nitrogens with zero attached hydrogens (tertiary/aromatic N) is 1. The third kappa shape index (κ3) is 3.28. The van der Waals surface area contributed by atoms with Gasteiger partial charge in [-0.2, -0.15) is 18.4 Å². The lowest BCUT2D eigenvalue weighted by Gasteiger charge is -2.07. The fraction of sp³-hybridized carbons (Fsp3) is 0.200. The fourth-order valence-electron chi connectivity index (χ4n) is 1.15. The lowest BCUT2D eigenvalue weighted by Crippen LogP contribution is -2.19. The molecular weight excluding hydrogens is 221 g/mol. The number of rotatable bonds is 2. The smallest absolute Gasteiger partial charge is 0.274 e. The Morgan fingerprint density at radius 3 is 2.69 bits per heavy atom. The van der Waals surface area contributed by atoms with E-state index in [-0.39, 0.29) is 12.0 Å². The van der Waals surface area contributed by atoms with Crippen LogP contribution in [-0.4, -0.2) is 5.91 Å². The van der Waals surface area contributed by atoms with Gasteiger partial charge < -0.3 is 0 Å². The summed E-state index contributed by atoms with van der Waals surface area (Å²) in [4.78, 5) is 11.0. The van der Waals surface area contributed by atoms with Crippen molar-refractivity contribution in [3.8, 4) is 6.19 Å². The molecule has 1 amide bonds. The molecule has 0 aromatic heterocycles. The number of hydrogen-bond acceptors (Lipinski definition) is 2. The lowest BCUT2D eigenvalue weighted by atomic mass is 10.1. The molecule has 0 atom stereocenters. The van der Waals surface area contributed by atoms with E-state index in [1.54, 1.807) is 0 Å². The quantitative estimate of drug-likeness (QED) is 0.620. The zero-order chi connectivity index (χ0) is 12.2. The first-order chi connectivity index (χ1) is 7.43. The van der Waals surface area contributed by atoms with Gasteiger partial charge in [0.15, 0.2) is 6.19 Å². The minimum atomic E-state index is -4.43. The van der Waals surface area contributed by atoms with Crippen LogP contribution in [0.25, 0.3) is 0 Å². The van der Waals surface area contributed by atoms with Crippen LogP contribution < -0.4 is 5.32 Å². The number of nitriles is 1. The third-order valence-electron chi connectivity index (χ3n) is 1.81. The van der Waals surface area contributed by atoms with Crippen LogP contribution in [0, 0.1) is 11.5 Å². The molecule has 0 radical (unpaired) electrons. The standard InChI is InChI=1S/C10H7F3N2O/c11-10(12,13)8-3-1-2-7(4-8)5-9(16)15-6-14/h1-4H,5H2,(H,15,16). The monoisotopic (exact) mass is 228 g/mol. The zero-order valence-electron chi connectivity index (χ0n) is 8.01. The second-order valence-corrected chi connectivity index (χ2v) is 3.03. The number of halogens is 3. The van der Waals surface area contributed by atoms with Crippen molar-refractivity contribution < 1.29 is 18.0 Å². The van der Waals surface area contributed by atoms with E-state index in [0.717, 1.165) is 12.1 Å². The highest BCUT2D eigenvalue weighted by Crippen LogP contribution is 2.29. The van der Waals surface area contributed by atoms with Gasteiger partial charge in [0.1, 0.15) is 0 Å². The number of carbonyl (C=O) groups excluding carboxylic acids is 1. The van der Waals surface area contributed by atoms with E-state index in [1.807, 2.05) is 5.32 Å². The molecule has 16 heavy (non-hydrogen) atoms. The van der Waals surface area contributed by atoms with E-state index in [4.69, 9.17) is 5.26 Å². The summed E-state index contributed by atoms with van der Waals surface area (Å²) in [5.41, 5.74) is -0.600. The molecule has 1 aromatic carbocycles. The van der Waals surface area contributed by atoms with Crippen molar-refractivity contribution in [3.05, 3.63) is 35.4 Å². The fourth-order valence-corrected chi connectivity index (χ4v) is 1.15. The topological polar surface area (TPSA) is 52.9 Å². The molecule has 0 spiro atoms. The Balaban J connectivity index is 2.84. The minimum Gasteiger partial charge on any atom is -0.274 e. The summed E-state index contributed by atoms with van der Waals surface area (Å²) in [6.07, 6.45) is -3.27. The Kier molecular flexibility index (Phi) is 3.51. The molecule has 0 aliphatic heterocycles. The van der Waals surface area contributed by atoms with Gasteiger partial charge in [-0.05, 0) is 11.6 Å². The van der Waals surface area contributed by atoms with Gasteiger partial charge in [-0.25, -0.2) is 0 Å². The van der Waals surface area contributed by atoms with Crippen LogP contribution in [0.3, 0.4) is 0 Å². The Labute approximate surface area is 89.5 Å². The Morgan fingerprint density at radius 1 is 1.44 bits per heavy atom. The lowest BCUT2D eigenvalue weighted by molar-refractivity contribution is -0.137. The predicted molar refractivity (Wildman–Crippen MR) is 48.9 cm³/mol. The minimum absolute atomic E-state index is 0.211. The van der Waals surface area contributed by atoms with Crippen molar-refractivity contribution in [2.24, 2.45) is 0 Å². The second kappa shape index (κ2) is 4.66. The van der Waals surface area contributed by atoms with Crippen LogP contribution in [0.5, 0.6) is 0 Å². The first-order valence-corrected chi connectivity index (χ1v) is 4.27. The molecule has 1 aromatic rings. The Bertz CT molecular complexity index is 434. The van der Waals surface area contributed by atoms with Crippen molar-refractivity contribution >= 4 is 5.91 Å². The number of hydrogen-bond donors (Lipinski definition) is 1. The summed E-state index contributed by atoms with van der Waals surface area (Å²) >= 11 is 0. The molecule has 0 saturated carbocycles. The van der Waals surface area contributed by atoms with Crippen LogP contribution >= 0.6 is 0 Å². The maximum Gasteiger partial charge on any atom is 0.416 e. The first-order valence-electron chi connectivity index (χ1n) is 4.27. The van der Waals surface area contributed by atoms with Gasteiger partial charge in [0, 0.05) is 0 Å². The van der Waals surface area contributed by atoms with E-state index >= 15 is 0 Å². The van der Waals surface area contributed by atoms with Crippen molar-refractivity contribution in [2.75, 3.05) is 0 Å². The number of amides is 1. The highest BCUT2D eigenvalue weighted by atomic mass is 19.4.